The molecule has 0 fully saturated rings. The number of para-hydroxylation sites is 1. The molecule has 1 atom stereocenters. The summed E-state index contributed by atoms with van der Waals surface area (Å²) in [5.41, 5.74) is 1.59. The van der Waals surface area contributed by atoms with Crippen LogP contribution in [0.2, 0.25) is 0 Å². The molecule has 2 rings (SSSR count). The minimum Gasteiger partial charge on any atom is -0.456 e. The number of nitrogens with one attached hydrogen (secondary N) is 1. The fraction of sp³-hybridized carbons (Fsp3) is 0.214. The molecular weight excluding hydrogens is 250 g/mol. The fourth-order valence-electron chi connectivity index (χ4n) is 1.70. The standard InChI is InChI=1S/C14H14ClNO2/c1-9-7-8-13(18-9)14(17)16-12-6-4-3-5-11(12)10(2)15/h3-8,10H,1-2H3,(H,16,17). The molecule has 3 nitrogen and oxygen atoms in total. The van der Waals surface area contributed by atoms with Gasteiger partial charge in [0.25, 0.3) is 5.91 Å². The molecule has 1 unspecified atom stereocenters. The number of halogens is 1. The number of hydrogen-bond donors (Lipinski definition) is 1. The summed E-state index contributed by atoms with van der Waals surface area (Å²) in [4.78, 5) is 12.0. The largest absolute Gasteiger partial charge is 0.456 e. The van der Waals surface area contributed by atoms with E-state index in [1.165, 1.54) is 0 Å². The van der Waals surface area contributed by atoms with Gasteiger partial charge in [0.15, 0.2) is 5.76 Å². The lowest BCUT2D eigenvalue weighted by molar-refractivity contribution is 0.0995. The predicted molar refractivity (Wildman–Crippen MR) is 72.1 cm³/mol. The summed E-state index contributed by atoms with van der Waals surface area (Å²) >= 11 is 6.07. The summed E-state index contributed by atoms with van der Waals surface area (Å²) in [5.74, 6) is 0.733. The van der Waals surface area contributed by atoms with Gasteiger partial charge in [-0.05, 0) is 37.6 Å². The van der Waals surface area contributed by atoms with E-state index in [9.17, 15) is 4.79 Å². The van der Waals surface area contributed by atoms with Gasteiger partial charge in [0.1, 0.15) is 5.76 Å². The number of benzene rings is 1. The van der Waals surface area contributed by atoms with Crippen LogP contribution in [0.3, 0.4) is 0 Å². The Hall–Kier alpha value is -1.74. The Bertz CT molecular complexity index is 560. The Morgan fingerprint density at radius 3 is 2.61 bits per heavy atom. The van der Waals surface area contributed by atoms with Crippen molar-refractivity contribution < 1.29 is 9.21 Å². The van der Waals surface area contributed by atoms with E-state index in [4.69, 9.17) is 16.0 Å². The van der Waals surface area contributed by atoms with E-state index in [1.807, 2.05) is 31.2 Å². The third-order valence-electron chi connectivity index (χ3n) is 2.60. The van der Waals surface area contributed by atoms with Crippen molar-refractivity contribution in [1.82, 2.24) is 0 Å². The molecule has 2 aromatic rings. The van der Waals surface area contributed by atoms with Crippen LogP contribution in [0.4, 0.5) is 5.69 Å². The zero-order valence-electron chi connectivity index (χ0n) is 10.2. The molecule has 94 valence electrons. The van der Waals surface area contributed by atoms with Crippen LogP contribution in [0.5, 0.6) is 0 Å². The molecule has 0 aliphatic heterocycles. The molecule has 0 spiro atoms. The van der Waals surface area contributed by atoms with Crippen LogP contribution in [0, 0.1) is 6.92 Å². The Kier molecular flexibility index (Phi) is 3.72. The molecule has 1 N–H and O–H groups in total. The highest BCUT2D eigenvalue weighted by Crippen LogP contribution is 2.27. The monoisotopic (exact) mass is 263 g/mol. The second kappa shape index (κ2) is 5.27. The minimum absolute atomic E-state index is 0.167. The van der Waals surface area contributed by atoms with Crippen molar-refractivity contribution in [3.8, 4) is 0 Å². The van der Waals surface area contributed by atoms with E-state index in [0.29, 0.717) is 17.2 Å². The highest BCUT2D eigenvalue weighted by molar-refractivity contribution is 6.21. The number of hydrogen-bond acceptors (Lipinski definition) is 2. The first-order valence-corrected chi connectivity index (χ1v) is 6.12. The topological polar surface area (TPSA) is 42.2 Å². The molecule has 0 saturated heterocycles. The number of alkyl halides is 1. The number of rotatable bonds is 3. The lowest BCUT2D eigenvalue weighted by Crippen LogP contribution is -2.12. The SMILES string of the molecule is Cc1ccc(C(=O)Nc2ccccc2C(C)Cl)o1. The maximum Gasteiger partial charge on any atom is 0.291 e. The maximum atomic E-state index is 12.0. The summed E-state index contributed by atoms with van der Waals surface area (Å²) in [6.45, 7) is 3.66. The Morgan fingerprint density at radius 1 is 1.28 bits per heavy atom. The highest BCUT2D eigenvalue weighted by atomic mass is 35.5. The van der Waals surface area contributed by atoms with Gasteiger partial charge < -0.3 is 9.73 Å². The van der Waals surface area contributed by atoms with Crippen molar-refractivity contribution in [2.75, 3.05) is 5.32 Å². The van der Waals surface area contributed by atoms with Gasteiger partial charge in [-0.1, -0.05) is 18.2 Å². The molecule has 18 heavy (non-hydrogen) atoms. The summed E-state index contributed by atoms with van der Waals surface area (Å²) in [7, 11) is 0. The third-order valence-corrected chi connectivity index (χ3v) is 2.84. The van der Waals surface area contributed by atoms with Crippen molar-refractivity contribution in [2.24, 2.45) is 0 Å². The minimum atomic E-state index is -0.270. The smallest absolute Gasteiger partial charge is 0.291 e. The van der Waals surface area contributed by atoms with E-state index in [2.05, 4.69) is 5.32 Å². The summed E-state index contributed by atoms with van der Waals surface area (Å²) in [6, 6.07) is 10.9. The van der Waals surface area contributed by atoms with E-state index in [-0.39, 0.29) is 11.3 Å². The zero-order valence-corrected chi connectivity index (χ0v) is 11.0. The van der Waals surface area contributed by atoms with Crippen LogP contribution in [0.1, 0.15) is 34.2 Å². The van der Waals surface area contributed by atoms with Gasteiger partial charge in [0.2, 0.25) is 0 Å². The number of aryl methyl sites for hydroxylation is 1. The molecule has 0 bridgehead atoms. The van der Waals surface area contributed by atoms with Crippen molar-refractivity contribution in [3.05, 3.63) is 53.5 Å². The molecule has 1 aromatic heterocycles. The van der Waals surface area contributed by atoms with Gasteiger partial charge in [-0.2, -0.15) is 0 Å². The molecular formula is C14H14ClNO2. The Labute approximate surface area is 111 Å². The first-order chi connectivity index (χ1) is 8.58. The van der Waals surface area contributed by atoms with Gasteiger partial charge >= 0.3 is 0 Å². The molecule has 1 heterocycles. The number of carbonyl (C=O) groups excluding carboxylic acids is 1. The molecule has 0 radical (unpaired) electrons. The zero-order chi connectivity index (χ0) is 13.1. The van der Waals surface area contributed by atoms with Crippen LogP contribution in [-0.4, -0.2) is 5.91 Å². The second-order valence-corrected chi connectivity index (χ2v) is 4.72. The van der Waals surface area contributed by atoms with Crippen LogP contribution in [-0.2, 0) is 0 Å². The van der Waals surface area contributed by atoms with Gasteiger partial charge in [-0.15, -0.1) is 11.6 Å². The van der Waals surface area contributed by atoms with E-state index in [0.717, 1.165) is 5.56 Å². The number of furan rings is 1. The number of anilines is 1. The summed E-state index contributed by atoms with van der Waals surface area (Å²) in [6.07, 6.45) is 0. The third kappa shape index (κ3) is 2.74. The van der Waals surface area contributed by atoms with Gasteiger partial charge in [-0.3, -0.25) is 4.79 Å². The van der Waals surface area contributed by atoms with Gasteiger partial charge in [0.05, 0.1) is 5.38 Å². The second-order valence-electron chi connectivity index (χ2n) is 4.07. The number of carbonyl (C=O) groups is 1. The molecule has 1 aromatic carbocycles. The molecule has 0 aliphatic rings. The molecule has 4 heteroatoms. The Balaban J connectivity index is 2.22. The summed E-state index contributed by atoms with van der Waals surface area (Å²) < 4.78 is 5.27. The van der Waals surface area contributed by atoms with Crippen molar-refractivity contribution >= 4 is 23.2 Å². The molecule has 0 aliphatic carbocycles. The first kappa shape index (κ1) is 12.7. The highest BCUT2D eigenvalue weighted by Gasteiger charge is 2.13. The van der Waals surface area contributed by atoms with Gasteiger partial charge in [0, 0.05) is 5.69 Å². The molecule has 0 saturated carbocycles. The normalized spacial score (nSPS) is 12.2. The number of amides is 1. The van der Waals surface area contributed by atoms with Crippen LogP contribution < -0.4 is 5.32 Å². The fourth-order valence-corrected chi connectivity index (χ4v) is 1.89. The van der Waals surface area contributed by atoms with Crippen molar-refractivity contribution in [3.63, 3.8) is 0 Å². The van der Waals surface area contributed by atoms with E-state index in [1.54, 1.807) is 19.1 Å². The lowest BCUT2D eigenvalue weighted by atomic mass is 10.1. The summed E-state index contributed by atoms with van der Waals surface area (Å²) in [5, 5.41) is 2.64. The average Bonchev–Trinajstić information content (AvgIpc) is 2.76. The first-order valence-electron chi connectivity index (χ1n) is 5.68. The Morgan fingerprint density at radius 2 is 2.00 bits per heavy atom. The van der Waals surface area contributed by atoms with E-state index < -0.39 is 0 Å². The van der Waals surface area contributed by atoms with E-state index >= 15 is 0 Å². The van der Waals surface area contributed by atoms with Crippen molar-refractivity contribution in [1.29, 1.82) is 0 Å². The quantitative estimate of drug-likeness (QED) is 0.846. The average molecular weight is 264 g/mol. The lowest BCUT2D eigenvalue weighted by Gasteiger charge is -2.11. The van der Waals surface area contributed by atoms with Crippen LogP contribution in [0.15, 0.2) is 40.8 Å². The van der Waals surface area contributed by atoms with Crippen LogP contribution >= 0.6 is 11.6 Å². The maximum absolute atomic E-state index is 12.0. The van der Waals surface area contributed by atoms with Crippen molar-refractivity contribution in [2.45, 2.75) is 19.2 Å². The molecule has 1 amide bonds. The van der Waals surface area contributed by atoms with Crippen LogP contribution in [0.25, 0.3) is 0 Å². The predicted octanol–water partition coefficient (Wildman–Crippen LogP) is 4.14. The van der Waals surface area contributed by atoms with Gasteiger partial charge in [-0.25, -0.2) is 0 Å².